The predicted molar refractivity (Wildman–Crippen MR) is 66.9 cm³/mol. The van der Waals surface area contributed by atoms with Gasteiger partial charge in [0.15, 0.2) is 12.0 Å². The van der Waals surface area contributed by atoms with Gasteiger partial charge in [0, 0.05) is 35.5 Å². The fraction of sp³-hybridized carbons (Fsp3) is 0.154. The number of rotatable bonds is 3. The summed E-state index contributed by atoms with van der Waals surface area (Å²) in [6, 6.07) is 5.10. The van der Waals surface area contributed by atoms with Crippen LogP contribution < -0.4 is 0 Å². The van der Waals surface area contributed by atoms with Crippen LogP contribution in [-0.4, -0.2) is 29.1 Å². The Labute approximate surface area is 98.6 Å². The van der Waals surface area contributed by atoms with Crippen LogP contribution in [0.3, 0.4) is 0 Å². The van der Waals surface area contributed by atoms with Crippen molar-refractivity contribution in [1.29, 1.82) is 0 Å². The largest absolute Gasteiger partial charge is 0.505 e. The Kier molecular flexibility index (Phi) is 3.14. The topological polar surface area (TPSA) is 62.5 Å². The van der Waals surface area contributed by atoms with Gasteiger partial charge >= 0.3 is 0 Å². The van der Waals surface area contributed by atoms with Crippen LogP contribution in [0.5, 0.6) is 5.75 Å². The number of benzene rings is 1. The smallest absolute Gasteiger partial charge is 0.150 e. The number of fused-ring (bicyclic) bond motifs is 1. The molecule has 2 rings (SSSR count). The number of aromatic nitrogens is 1. The minimum Gasteiger partial charge on any atom is -0.505 e. The zero-order valence-corrected chi connectivity index (χ0v) is 9.42. The fourth-order valence-electron chi connectivity index (χ4n) is 1.66. The Balaban J connectivity index is 2.75. The van der Waals surface area contributed by atoms with E-state index < -0.39 is 0 Å². The van der Waals surface area contributed by atoms with Crippen molar-refractivity contribution in [3.8, 4) is 5.75 Å². The SMILES string of the molecule is CCN=Cc1cc(C=O)c2cccnc2c1O. The highest BCUT2D eigenvalue weighted by molar-refractivity contribution is 6.04. The Morgan fingerprint density at radius 2 is 2.29 bits per heavy atom. The summed E-state index contributed by atoms with van der Waals surface area (Å²) in [5.74, 6) is 0.0587. The molecule has 1 N–H and O–H groups in total. The van der Waals surface area contributed by atoms with Crippen molar-refractivity contribution in [3.05, 3.63) is 35.5 Å². The minimum absolute atomic E-state index is 0.0587. The second-order valence-electron chi connectivity index (χ2n) is 3.55. The lowest BCUT2D eigenvalue weighted by molar-refractivity contribution is 0.112. The number of hydrogen-bond acceptors (Lipinski definition) is 4. The quantitative estimate of drug-likeness (QED) is 0.647. The van der Waals surface area contributed by atoms with Crippen LogP contribution in [0, 0.1) is 0 Å². The van der Waals surface area contributed by atoms with E-state index in [-0.39, 0.29) is 5.75 Å². The summed E-state index contributed by atoms with van der Waals surface area (Å²) in [6.45, 7) is 2.52. The lowest BCUT2D eigenvalue weighted by Gasteiger charge is -2.05. The zero-order chi connectivity index (χ0) is 12.3. The Morgan fingerprint density at radius 3 is 3.00 bits per heavy atom. The number of phenolic OH excluding ortho intramolecular Hbond substituents is 1. The first kappa shape index (κ1) is 11.3. The average Bonchev–Trinajstić information content (AvgIpc) is 2.38. The molecule has 0 aliphatic rings. The minimum atomic E-state index is 0.0587. The molecule has 1 heterocycles. The first-order valence-corrected chi connectivity index (χ1v) is 5.33. The van der Waals surface area contributed by atoms with E-state index in [4.69, 9.17) is 0 Å². The van der Waals surface area contributed by atoms with Gasteiger partial charge < -0.3 is 5.11 Å². The fourth-order valence-corrected chi connectivity index (χ4v) is 1.66. The van der Waals surface area contributed by atoms with E-state index in [0.717, 1.165) is 6.29 Å². The van der Waals surface area contributed by atoms with Gasteiger partial charge in [0.1, 0.15) is 5.52 Å². The molecule has 0 saturated heterocycles. The van der Waals surface area contributed by atoms with Crippen LogP contribution >= 0.6 is 0 Å². The van der Waals surface area contributed by atoms with Gasteiger partial charge in [-0.15, -0.1) is 0 Å². The summed E-state index contributed by atoms with van der Waals surface area (Å²) in [5, 5.41) is 10.7. The van der Waals surface area contributed by atoms with Crippen LogP contribution in [0.2, 0.25) is 0 Å². The molecule has 0 radical (unpaired) electrons. The van der Waals surface area contributed by atoms with Gasteiger partial charge in [0.2, 0.25) is 0 Å². The third kappa shape index (κ3) is 2.01. The third-order valence-electron chi connectivity index (χ3n) is 2.47. The number of aromatic hydroxyl groups is 1. The van der Waals surface area contributed by atoms with E-state index in [9.17, 15) is 9.90 Å². The predicted octanol–water partition coefficient (Wildman–Crippen LogP) is 2.19. The molecular formula is C13H12N2O2. The van der Waals surface area contributed by atoms with Crippen LogP contribution in [0.4, 0.5) is 0 Å². The number of phenols is 1. The molecule has 0 fully saturated rings. The van der Waals surface area contributed by atoms with Gasteiger partial charge in [-0.1, -0.05) is 6.07 Å². The summed E-state index contributed by atoms with van der Waals surface area (Å²) in [5.41, 5.74) is 1.44. The maximum Gasteiger partial charge on any atom is 0.150 e. The van der Waals surface area contributed by atoms with Crippen molar-refractivity contribution in [3.63, 3.8) is 0 Å². The molecule has 0 aliphatic heterocycles. The Morgan fingerprint density at radius 1 is 1.47 bits per heavy atom. The molecule has 1 aromatic heterocycles. The summed E-state index contributed by atoms with van der Waals surface area (Å²) in [4.78, 5) is 19.1. The van der Waals surface area contributed by atoms with Crippen molar-refractivity contribution in [2.24, 2.45) is 4.99 Å². The van der Waals surface area contributed by atoms with Gasteiger partial charge in [-0.25, -0.2) is 0 Å². The molecule has 2 aromatic rings. The number of pyridine rings is 1. The molecule has 4 nitrogen and oxygen atoms in total. The van der Waals surface area contributed by atoms with Crippen molar-refractivity contribution < 1.29 is 9.90 Å². The molecule has 0 amide bonds. The monoisotopic (exact) mass is 228 g/mol. The normalized spacial score (nSPS) is 11.1. The molecule has 17 heavy (non-hydrogen) atoms. The molecule has 4 heteroatoms. The molecule has 0 unspecified atom stereocenters. The van der Waals surface area contributed by atoms with Gasteiger partial charge in [0.05, 0.1) is 0 Å². The van der Waals surface area contributed by atoms with Crippen molar-refractivity contribution in [1.82, 2.24) is 4.98 Å². The van der Waals surface area contributed by atoms with Crippen molar-refractivity contribution >= 4 is 23.4 Å². The summed E-state index contributed by atoms with van der Waals surface area (Å²) >= 11 is 0. The van der Waals surface area contributed by atoms with E-state index >= 15 is 0 Å². The van der Waals surface area contributed by atoms with Gasteiger partial charge in [-0.05, 0) is 19.1 Å². The number of carbonyl (C=O) groups is 1. The first-order chi connectivity index (χ1) is 8.27. The molecule has 0 atom stereocenters. The van der Waals surface area contributed by atoms with E-state index in [1.807, 2.05) is 6.92 Å². The maximum atomic E-state index is 11.0. The third-order valence-corrected chi connectivity index (χ3v) is 2.47. The van der Waals surface area contributed by atoms with Crippen molar-refractivity contribution in [2.75, 3.05) is 6.54 Å². The number of aldehydes is 1. The summed E-state index contributed by atoms with van der Waals surface area (Å²) in [7, 11) is 0. The molecule has 0 bridgehead atoms. The van der Waals surface area contributed by atoms with Crippen LogP contribution in [-0.2, 0) is 0 Å². The van der Waals surface area contributed by atoms with E-state index in [1.54, 1.807) is 30.6 Å². The van der Waals surface area contributed by atoms with Gasteiger partial charge in [0.25, 0.3) is 0 Å². The number of nitrogens with zero attached hydrogens (tertiary/aromatic N) is 2. The second-order valence-corrected chi connectivity index (χ2v) is 3.55. The highest BCUT2D eigenvalue weighted by atomic mass is 16.3. The molecular weight excluding hydrogens is 216 g/mol. The van der Waals surface area contributed by atoms with Crippen LogP contribution in [0.15, 0.2) is 29.4 Å². The average molecular weight is 228 g/mol. The van der Waals surface area contributed by atoms with Gasteiger partial charge in [-0.2, -0.15) is 0 Å². The first-order valence-electron chi connectivity index (χ1n) is 5.33. The van der Waals surface area contributed by atoms with E-state index in [2.05, 4.69) is 9.98 Å². The molecule has 0 spiro atoms. The highest BCUT2D eigenvalue weighted by Crippen LogP contribution is 2.28. The number of aliphatic imine (C=N–C) groups is 1. The lowest BCUT2D eigenvalue weighted by atomic mass is 10.0. The van der Waals surface area contributed by atoms with Crippen LogP contribution in [0.25, 0.3) is 10.9 Å². The van der Waals surface area contributed by atoms with E-state index in [1.165, 1.54) is 0 Å². The Hall–Kier alpha value is -2.23. The molecule has 0 saturated carbocycles. The Bertz CT molecular complexity index is 591. The summed E-state index contributed by atoms with van der Waals surface area (Å²) in [6.07, 6.45) is 3.89. The van der Waals surface area contributed by atoms with Crippen molar-refractivity contribution in [2.45, 2.75) is 6.92 Å². The summed E-state index contributed by atoms with van der Waals surface area (Å²) < 4.78 is 0. The van der Waals surface area contributed by atoms with E-state index in [0.29, 0.717) is 28.6 Å². The maximum absolute atomic E-state index is 11.0. The highest BCUT2D eigenvalue weighted by Gasteiger charge is 2.10. The number of hydrogen-bond donors (Lipinski definition) is 1. The molecule has 0 aliphatic carbocycles. The zero-order valence-electron chi connectivity index (χ0n) is 9.42. The second kappa shape index (κ2) is 4.74. The number of carbonyl (C=O) groups excluding carboxylic acids is 1. The van der Waals surface area contributed by atoms with Gasteiger partial charge in [-0.3, -0.25) is 14.8 Å². The molecule has 86 valence electrons. The lowest BCUT2D eigenvalue weighted by Crippen LogP contribution is -1.92. The molecule has 1 aromatic carbocycles. The van der Waals surface area contributed by atoms with Crippen LogP contribution in [0.1, 0.15) is 22.8 Å². The standard InChI is InChI=1S/C13H12N2O2/c1-2-14-7-9-6-10(8-16)11-4-3-5-15-12(11)13(9)17/h3-8,17H,2H2,1H3.